The van der Waals surface area contributed by atoms with Crippen molar-refractivity contribution in [2.75, 3.05) is 19.6 Å². The molecule has 1 aliphatic heterocycles. The molecule has 0 saturated carbocycles. The van der Waals surface area contributed by atoms with Crippen LogP contribution in [0, 0.1) is 0 Å². The third-order valence-electron chi connectivity index (χ3n) is 2.47. The second-order valence-electron chi connectivity index (χ2n) is 5.23. The maximum atomic E-state index is 11.3. The van der Waals surface area contributed by atoms with E-state index < -0.39 is 6.10 Å². The van der Waals surface area contributed by atoms with Gasteiger partial charge in [-0.15, -0.1) is 0 Å². The molecule has 0 aromatic carbocycles. The number of aliphatic hydroxyl groups excluding tert-OH is 1. The molecule has 0 aliphatic carbocycles. The van der Waals surface area contributed by atoms with Crippen LogP contribution >= 0.6 is 0 Å². The molecular formula is C11H22N2O2. The first-order chi connectivity index (χ1) is 6.88. The first-order valence-electron chi connectivity index (χ1n) is 5.59. The predicted molar refractivity (Wildman–Crippen MR) is 59.6 cm³/mol. The summed E-state index contributed by atoms with van der Waals surface area (Å²) in [5, 5.41) is 13.0. The van der Waals surface area contributed by atoms with E-state index in [0.717, 1.165) is 13.0 Å². The van der Waals surface area contributed by atoms with Crippen molar-refractivity contribution < 1.29 is 9.90 Å². The molecule has 2 N–H and O–H groups in total. The number of hydrogen-bond donors (Lipinski definition) is 2. The summed E-state index contributed by atoms with van der Waals surface area (Å²) in [7, 11) is 0. The fourth-order valence-corrected chi connectivity index (χ4v) is 1.64. The van der Waals surface area contributed by atoms with E-state index in [0.29, 0.717) is 19.5 Å². The summed E-state index contributed by atoms with van der Waals surface area (Å²) in [6.07, 6.45) is 1.10. The van der Waals surface area contributed by atoms with Gasteiger partial charge in [-0.2, -0.15) is 0 Å². The van der Waals surface area contributed by atoms with Crippen molar-refractivity contribution >= 4 is 5.91 Å². The minimum Gasteiger partial charge on any atom is -0.390 e. The zero-order valence-corrected chi connectivity index (χ0v) is 9.92. The zero-order chi connectivity index (χ0) is 11.5. The highest BCUT2D eigenvalue weighted by atomic mass is 16.3. The van der Waals surface area contributed by atoms with E-state index in [2.05, 4.69) is 26.1 Å². The van der Waals surface area contributed by atoms with Crippen LogP contribution in [0.15, 0.2) is 0 Å². The third-order valence-corrected chi connectivity index (χ3v) is 2.47. The maximum absolute atomic E-state index is 11.3. The highest BCUT2D eigenvalue weighted by Gasteiger charge is 2.22. The number of carbonyl (C=O) groups is 1. The molecule has 1 fully saturated rings. The number of β-amino-alcohol motifs (C(OH)–C–C–N with tert-alkyl or cyclic N) is 1. The number of nitrogens with zero attached hydrogens (tertiary/aromatic N) is 1. The second-order valence-corrected chi connectivity index (χ2v) is 5.23. The van der Waals surface area contributed by atoms with E-state index in [1.54, 1.807) is 4.90 Å². The summed E-state index contributed by atoms with van der Waals surface area (Å²) < 4.78 is 0. The summed E-state index contributed by atoms with van der Waals surface area (Å²) in [5.74, 6) is 0.171. The number of aliphatic hydroxyl groups is 1. The van der Waals surface area contributed by atoms with Crippen LogP contribution in [0.4, 0.5) is 0 Å². The summed E-state index contributed by atoms with van der Waals surface area (Å²) >= 11 is 0. The Kier molecular flexibility index (Phi) is 4.11. The number of likely N-dealkylation sites (tertiary alicyclic amines) is 1. The molecule has 1 saturated heterocycles. The predicted octanol–water partition coefficient (Wildman–Crippen LogP) is 0.358. The molecule has 0 spiro atoms. The van der Waals surface area contributed by atoms with E-state index in [9.17, 15) is 9.90 Å². The molecule has 1 rings (SSSR count). The van der Waals surface area contributed by atoms with Crippen molar-refractivity contribution in [2.24, 2.45) is 0 Å². The Balaban J connectivity index is 2.23. The molecule has 1 unspecified atom stereocenters. The second kappa shape index (κ2) is 4.94. The van der Waals surface area contributed by atoms with Gasteiger partial charge < -0.3 is 15.3 Å². The molecule has 1 aliphatic rings. The average molecular weight is 214 g/mol. The molecule has 0 radical (unpaired) electrons. The lowest BCUT2D eigenvalue weighted by Gasteiger charge is -2.25. The topological polar surface area (TPSA) is 52.6 Å². The van der Waals surface area contributed by atoms with Gasteiger partial charge in [-0.25, -0.2) is 0 Å². The number of hydrogen-bond acceptors (Lipinski definition) is 3. The monoisotopic (exact) mass is 214 g/mol. The summed E-state index contributed by atoms with van der Waals surface area (Å²) in [4.78, 5) is 13.1. The van der Waals surface area contributed by atoms with Gasteiger partial charge in [0, 0.05) is 31.6 Å². The van der Waals surface area contributed by atoms with Crippen LogP contribution in [0.25, 0.3) is 0 Å². The SMILES string of the molecule is CC(C)(C)NCC(O)CN1CCCC1=O. The van der Waals surface area contributed by atoms with Crippen LogP contribution in [0.5, 0.6) is 0 Å². The van der Waals surface area contributed by atoms with Crippen molar-refractivity contribution in [1.82, 2.24) is 10.2 Å². The molecule has 1 heterocycles. The van der Waals surface area contributed by atoms with Gasteiger partial charge in [-0.3, -0.25) is 4.79 Å². The Bertz CT molecular complexity index is 223. The Morgan fingerprint density at radius 3 is 2.67 bits per heavy atom. The van der Waals surface area contributed by atoms with Crippen LogP contribution in [0.1, 0.15) is 33.6 Å². The normalized spacial score (nSPS) is 19.7. The van der Waals surface area contributed by atoms with Gasteiger partial charge in [0.15, 0.2) is 0 Å². The number of nitrogens with one attached hydrogen (secondary N) is 1. The quantitative estimate of drug-likeness (QED) is 0.710. The van der Waals surface area contributed by atoms with Gasteiger partial charge in [0.25, 0.3) is 0 Å². The van der Waals surface area contributed by atoms with Crippen molar-refractivity contribution in [3.63, 3.8) is 0 Å². The fourth-order valence-electron chi connectivity index (χ4n) is 1.64. The first kappa shape index (κ1) is 12.5. The lowest BCUT2D eigenvalue weighted by molar-refractivity contribution is -0.128. The van der Waals surface area contributed by atoms with Crippen LogP contribution in [-0.2, 0) is 4.79 Å². The highest BCUT2D eigenvalue weighted by Crippen LogP contribution is 2.09. The Labute approximate surface area is 91.6 Å². The summed E-state index contributed by atoms with van der Waals surface area (Å²) in [6.45, 7) is 7.96. The molecular weight excluding hydrogens is 192 g/mol. The van der Waals surface area contributed by atoms with Crippen molar-refractivity contribution in [1.29, 1.82) is 0 Å². The maximum Gasteiger partial charge on any atom is 0.222 e. The van der Waals surface area contributed by atoms with Crippen molar-refractivity contribution in [3.8, 4) is 0 Å². The van der Waals surface area contributed by atoms with Crippen molar-refractivity contribution in [2.45, 2.75) is 45.3 Å². The fraction of sp³-hybridized carbons (Fsp3) is 0.909. The molecule has 15 heavy (non-hydrogen) atoms. The largest absolute Gasteiger partial charge is 0.390 e. The lowest BCUT2D eigenvalue weighted by atomic mass is 10.1. The van der Waals surface area contributed by atoms with Crippen LogP contribution in [-0.4, -0.2) is 47.2 Å². The lowest BCUT2D eigenvalue weighted by Crippen LogP contribution is -2.45. The van der Waals surface area contributed by atoms with Crippen LogP contribution in [0.2, 0.25) is 0 Å². The van der Waals surface area contributed by atoms with E-state index in [-0.39, 0.29) is 11.4 Å². The zero-order valence-electron chi connectivity index (χ0n) is 9.92. The number of rotatable bonds is 4. The summed E-state index contributed by atoms with van der Waals surface area (Å²) in [6, 6.07) is 0. The third kappa shape index (κ3) is 4.62. The summed E-state index contributed by atoms with van der Waals surface area (Å²) in [5.41, 5.74) is 0.00992. The molecule has 0 bridgehead atoms. The van der Waals surface area contributed by atoms with Crippen molar-refractivity contribution in [3.05, 3.63) is 0 Å². The molecule has 4 nitrogen and oxygen atoms in total. The number of amides is 1. The molecule has 88 valence electrons. The molecule has 1 amide bonds. The standard InChI is InChI=1S/C11H22N2O2/c1-11(2,3)12-7-9(14)8-13-6-4-5-10(13)15/h9,12,14H,4-8H2,1-3H3. The van der Waals surface area contributed by atoms with E-state index in [1.807, 2.05) is 0 Å². The minimum atomic E-state index is -0.466. The average Bonchev–Trinajstić information content (AvgIpc) is 2.47. The first-order valence-corrected chi connectivity index (χ1v) is 5.59. The molecule has 1 atom stereocenters. The van der Waals surface area contributed by atoms with Crippen LogP contribution < -0.4 is 5.32 Å². The minimum absolute atomic E-state index is 0.00992. The highest BCUT2D eigenvalue weighted by molar-refractivity contribution is 5.78. The van der Waals surface area contributed by atoms with E-state index in [1.165, 1.54) is 0 Å². The Morgan fingerprint density at radius 2 is 2.20 bits per heavy atom. The smallest absolute Gasteiger partial charge is 0.222 e. The Morgan fingerprint density at radius 1 is 1.53 bits per heavy atom. The number of carbonyl (C=O) groups excluding carboxylic acids is 1. The molecule has 4 heteroatoms. The van der Waals surface area contributed by atoms with E-state index >= 15 is 0 Å². The van der Waals surface area contributed by atoms with Gasteiger partial charge in [-0.05, 0) is 27.2 Å². The molecule has 0 aromatic rings. The molecule has 0 aromatic heterocycles. The van der Waals surface area contributed by atoms with Gasteiger partial charge in [-0.1, -0.05) is 0 Å². The van der Waals surface area contributed by atoms with Gasteiger partial charge in [0.1, 0.15) is 0 Å². The van der Waals surface area contributed by atoms with E-state index in [4.69, 9.17) is 0 Å². The van der Waals surface area contributed by atoms with Crippen LogP contribution in [0.3, 0.4) is 0 Å². The van der Waals surface area contributed by atoms with Gasteiger partial charge in [0.2, 0.25) is 5.91 Å². The van der Waals surface area contributed by atoms with Gasteiger partial charge >= 0.3 is 0 Å². The Hall–Kier alpha value is -0.610. The van der Waals surface area contributed by atoms with Gasteiger partial charge in [0.05, 0.1) is 6.10 Å².